The summed E-state index contributed by atoms with van der Waals surface area (Å²) in [7, 11) is 0. The largest absolute Gasteiger partial charge is 0.456 e. The number of anilines is 6. The molecule has 3 aliphatic rings. The van der Waals surface area contributed by atoms with Gasteiger partial charge >= 0.3 is 0 Å². The van der Waals surface area contributed by atoms with Crippen molar-refractivity contribution in [3.63, 3.8) is 0 Å². The number of fused-ring (bicyclic) bond motifs is 16. The highest BCUT2D eigenvalue weighted by Gasteiger charge is 2.40. The molecule has 0 unspecified atom stereocenters. The second-order valence-electron chi connectivity index (χ2n) is 32.7. The molecular formula is C109H78N2O2. The molecule has 0 spiro atoms. The topological polar surface area (TPSA) is 32.8 Å². The Kier molecular flexibility index (Phi) is 14.7. The van der Waals surface area contributed by atoms with Crippen LogP contribution < -0.4 is 9.80 Å². The van der Waals surface area contributed by atoms with Gasteiger partial charge in [0.15, 0.2) is 0 Å². The lowest BCUT2D eigenvalue weighted by molar-refractivity contribution is 0.660. The lowest BCUT2D eigenvalue weighted by Crippen LogP contribution is -2.18. The molecule has 0 saturated heterocycles. The number of para-hydroxylation sites is 2. The van der Waals surface area contributed by atoms with Crippen molar-refractivity contribution in [1.29, 1.82) is 0 Å². The minimum Gasteiger partial charge on any atom is -0.456 e. The molecule has 17 aromatic carbocycles. The average Bonchev–Trinajstić information content (AvgIpc) is 1.61. The summed E-state index contributed by atoms with van der Waals surface area (Å²) in [6.45, 7) is 14.4. The third-order valence-corrected chi connectivity index (χ3v) is 25.3. The van der Waals surface area contributed by atoms with E-state index in [4.69, 9.17) is 8.83 Å². The third-order valence-electron chi connectivity index (χ3n) is 25.3. The molecule has 19 aromatic rings. The molecule has 536 valence electrons. The maximum atomic E-state index is 6.40. The Hall–Kier alpha value is -13.8. The maximum absolute atomic E-state index is 6.40. The predicted octanol–water partition coefficient (Wildman–Crippen LogP) is 30.5. The number of benzene rings is 17. The van der Waals surface area contributed by atoms with Crippen LogP contribution in [0.3, 0.4) is 0 Å². The summed E-state index contributed by atoms with van der Waals surface area (Å²) in [6.07, 6.45) is 0. The van der Waals surface area contributed by atoms with Crippen LogP contribution >= 0.6 is 0 Å². The highest BCUT2D eigenvalue weighted by molar-refractivity contribution is 6.08. The fourth-order valence-electron chi connectivity index (χ4n) is 19.2. The summed E-state index contributed by atoms with van der Waals surface area (Å²) < 4.78 is 12.8. The maximum Gasteiger partial charge on any atom is 0.136 e. The summed E-state index contributed by atoms with van der Waals surface area (Å²) in [5.41, 5.74) is 39.2. The minimum absolute atomic E-state index is 0.238. The predicted molar refractivity (Wildman–Crippen MR) is 473 cm³/mol. The monoisotopic (exact) mass is 1450 g/mol. The molecular weight excluding hydrogens is 1370 g/mol. The van der Waals surface area contributed by atoms with Crippen LogP contribution in [0.15, 0.2) is 373 Å². The Bertz CT molecular complexity index is 7120. The zero-order valence-corrected chi connectivity index (χ0v) is 63.9. The van der Waals surface area contributed by atoms with E-state index in [0.717, 1.165) is 100 Å². The van der Waals surface area contributed by atoms with Crippen LogP contribution in [0.2, 0.25) is 0 Å². The van der Waals surface area contributed by atoms with Crippen LogP contribution in [0, 0.1) is 0 Å². The molecule has 2 aromatic heterocycles. The Labute approximate surface area is 658 Å². The van der Waals surface area contributed by atoms with Gasteiger partial charge in [-0.2, -0.15) is 0 Å². The van der Waals surface area contributed by atoms with E-state index >= 15 is 0 Å². The van der Waals surface area contributed by atoms with E-state index < -0.39 is 0 Å². The van der Waals surface area contributed by atoms with E-state index in [1.165, 1.54) is 122 Å². The molecule has 0 amide bonds. The number of nitrogens with zero attached hydrogens (tertiary/aromatic N) is 2. The summed E-state index contributed by atoms with van der Waals surface area (Å²) in [6, 6.07) is 135. The number of furan rings is 2. The first-order chi connectivity index (χ1) is 55.2. The Balaban J connectivity index is 0.573. The first-order valence-corrected chi connectivity index (χ1v) is 39.5. The zero-order chi connectivity index (χ0) is 75.6. The van der Waals surface area contributed by atoms with E-state index in [2.05, 4.69) is 391 Å². The van der Waals surface area contributed by atoms with Gasteiger partial charge in [0.25, 0.3) is 0 Å². The Morgan fingerprint density at radius 3 is 0.912 bits per heavy atom. The van der Waals surface area contributed by atoms with Crippen LogP contribution in [-0.2, 0) is 16.2 Å². The van der Waals surface area contributed by atoms with Crippen LogP contribution in [0.25, 0.3) is 155 Å². The number of rotatable bonds is 12. The smallest absolute Gasteiger partial charge is 0.136 e. The van der Waals surface area contributed by atoms with Crippen molar-refractivity contribution in [2.45, 2.75) is 57.8 Å². The van der Waals surface area contributed by atoms with Crippen molar-refractivity contribution in [1.82, 2.24) is 0 Å². The molecule has 0 bridgehead atoms. The molecule has 0 atom stereocenters. The SMILES string of the molecule is CC1(C)c2cc(-c3cccc(-c4ccc5c(c4)C(C)(C)c4cc(N(c6ccc(-c7ccc8c(c7)oc7ccccc78)cc6)c6ccc7c(c6)C(C)(C)c6cc(-c8ccccc8)ccc6-7)ccc4-5)c3)ccc2-c2ccc(N(c3ccc(-c4ccc5c(c4)oc4ccccc45)cc3)c3ccc(-c4cccc5ccccc45)cc3)cc21. The lowest BCUT2D eigenvalue weighted by atomic mass is 9.81. The number of hydrogen-bond donors (Lipinski definition) is 0. The van der Waals surface area contributed by atoms with Gasteiger partial charge in [-0.25, -0.2) is 0 Å². The van der Waals surface area contributed by atoms with Gasteiger partial charge in [-0.05, 0) is 278 Å². The summed E-state index contributed by atoms with van der Waals surface area (Å²) >= 11 is 0. The van der Waals surface area contributed by atoms with Crippen LogP contribution in [0.5, 0.6) is 0 Å². The minimum atomic E-state index is -0.310. The first-order valence-electron chi connectivity index (χ1n) is 39.5. The van der Waals surface area contributed by atoms with Gasteiger partial charge in [0.05, 0.1) is 0 Å². The van der Waals surface area contributed by atoms with Gasteiger partial charge in [-0.1, -0.05) is 272 Å². The molecule has 0 radical (unpaired) electrons. The highest BCUT2D eigenvalue weighted by atomic mass is 16.3. The van der Waals surface area contributed by atoms with Gasteiger partial charge in [-0.3, -0.25) is 0 Å². The second-order valence-corrected chi connectivity index (χ2v) is 32.7. The summed E-state index contributed by atoms with van der Waals surface area (Å²) in [5.74, 6) is 0. The summed E-state index contributed by atoms with van der Waals surface area (Å²) in [4.78, 5) is 4.89. The van der Waals surface area contributed by atoms with Crippen molar-refractivity contribution in [3.8, 4) is 100 Å². The van der Waals surface area contributed by atoms with Gasteiger partial charge in [0.2, 0.25) is 0 Å². The fourth-order valence-corrected chi connectivity index (χ4v) is 19.2. The zero-order valence-electron chi connectivity index (χ0n) is 63.9. The van der Waals surface area contributed by atoms with Crippen molar-refractivity contribution in [2.24, 2.45) is 0 Å². The van der Waals surface area contributed by atoms with E-state index in [-0.39, 0.29) is 16.2 Å². The standard InChI is InChI=1S/C109H78N2O2/c1-107(2)97-59-74(67-18-8-7-9-19-67)36-50-87(97)91-56-48-83(65-101(91)107)111(81-43-32-69(33-44-81)78-40-54-96-94-26-13-15-29-104(94)113-106(96)63-78)84-49-57-92-89-52-38-76(61-99(89)109(5,6)102(92)66-84)73-23-16-22-72(58-73)75-37-51-88-90-55-47-82(64-100(90)108(3,4)98(88)60-75)110(80-45-34-71(35-46-80)86-27-17-21-70-20-10-11-24-85(70)86)79-41-30-68(31-42-79)77-39-53-95-93-25-12-14-28-103(93)112-105(95)62-77/h7-66H,1-6H3. The van der Waals surface area contributed by atoms with Gasteiger partial charge in [-0.15, -0.1) is 0 Å². The molecule has 3 aliphatic carbocycles. The second kappa shape index (κ2) is 25.1. The Morgan fingerprint density at radius 1 is 0.177 bits per heavy atom. The van der Waals surface area contributed by atoms with E-state index in [1.54, 1.807) is 0 Å². The van der Waals surface area contributed by atoms with Crippen molar-refractivity contribution in [3.05, 3.63) is 397 Å². The number of hydrogen-bond acceptors (Lipinski definition) is 4. The Morgan fingerprint density at radius 2 is 0.460 bits per heavy atom. The van der Waals surface area contributed by atoms with E-state index in [1.807, 2.05) is 24.3 Å². The molecule has 22 rings (SSSR count). The molecule has 0 fully saturated rings. The molecule has 2 heterocycles. The fraction of sp³-hybridized carbons (Fsp3) is 0.0826. The summed E-state index contributed by atoms with van der Waals surface area (Å²) in [5, 5.41) is 7.01. The van der Waals surface area contributed by atoms with E-state index in [0.29, 0.717) is 0 Å². The van der Waals surface area contributed by atoms with Gasteiger partial charge in [0.1, 0.15) is 22.3 Å². The van der Waals surface area contributed by atoms with Crippen LogP contribution in [-0.4, -0.2) is 0 Å². The molecule has 0 aliphatic heterocycles. The van der Waals surface area contributed by atoms with Crippen molar-refractivity contribution >= 4 is 88.8 Å². The first kappa shape index (κ1) is 66.2. The molecule has 4 heteroatoms. The van der Waals surface area contributed by atoms with Gasteiger partial charge < -0.3 is 18.6 Å². The highest BCUT2D eigenvalue weighted by Crippen LogP contribution is 2.57. The quantitative estimate of drug-likeness (QED) is 0.122. The van der Waals surface area contributed by atoms with Crippen LogP contribution in [0.4, 0.5) is 34.1 Å². The third kappa shape index (κ3) is 10.6. The lowest BCUT2D eigenvalue weighted by Gasteiger charge is -2.30. The molecule has 4 nitrogen and oxygen atoms in total. The molecule has 113 heavy (non-hydrogen) atoms. The van der Waals surface area contributed by atoms with Gasteiger partial charge in [0, 0.05) is 71.9 Å². The normalized spacial score (nSPS) is 13.8. The van der Waals surface area contributed by atoms with Crippen molar-refractivity contribution in [2.75, 3.05) is 9.80 Å². The van der Waals surface area contributed by atoms with Crippen LogP contribution in [0.1, 0.15) is 74.9 Å². The molecule has 0 saturated carbocycles. The average molecular weight is 1450 g/mol. The van der Waals surface area contributed by atoms with Crippen molar-refractivity contribution < 1.29 is 8.83 Å². The van der Waals surface area contributed by atoms with E-state index in [9.17, 15) is 0 Å². The molecule has 0 N–H and O–H groups in total.